The Hall–Kier alpha value is -3.19. The molecule has 27 heavy (non-hydrogen) atoms. The van der Waals surface area contributed by atoms with E-state index in [9.17, 15) is 9.59 Å². The Morgan fingerprint density at radius 3 is 2.52 bits per heavy atom. The highest BCUT2D eigenvalue weighted by molar-refractivity contribution is 7.80. The number of amides is 2. The summed E-state index contributed by atoms with van der Waals surface area (Å²) in [6.45, 7) is 2.33. The molecule has 0 unspecified atom stereocenters. The van der Waals surface area contributed by atoms with Crippen LogP contribution in [0, 0.1) is 0 Å². The lowest BCUT2D eigenvalue weighted by molar-refractivity contribution is -0.122. The second-order valence-corrected chi connectivity index (χ2v) is 6.02. The fraction of sp³-hybridized carbons (Fsp3) is 0.150. The fourth-order valence-electron chi connectivity index (χ4n) is 2.69. The van der Waals surface area contributed by atoms with Crippen molar-refractivity contribution in [3.8, 4) is 11.5 Å². The number of nitrogens with zero attached hydrogens (tertiary/aromatic N) is 1. The Morgan fingerprint density at radius 2 is 1.85 bits per heavy atom. The van der Waals surface area contributed by atoms with Crippen molar-refractivity contribution in [2.24, 2.45) is 0 Å². The van der Waals surface area contributed by atoms with E-state index in [0.29, 0.717) is 29.4 Å². The number of nitrogens with one attached hydrogen (secondary N) is 1. The predicted molar refractivity (Wildman–Crippen MR) is 107 cm³/mol. The van der Waals surface area contributed by atoms with Crippen LogP contribution in [0.25, 0.3) is 6.08 Å². The molecule has 2 aromatic rings. The zero-order chi connectivity index (χ0) is 19.4. The maximum atomic E-state index is 12.9. The molecular formula is C20H18N2O4S. The summed E-state index contributed by atoms with van der Waals surface area (Å²) < 4.78 is 10.8. The van der Waals surface area contributed by atoms with Crippen molar-refractivity contribution in [2.45, 2.75) is 6.92 Å². The van der Waals surface area contributed by atoms with Crippen molar-refractivity contribution in [2.75, 3.05) is 18.6 Å². The third-order valence-corrected chi connectivity index (χ3v) is 4.20. The molecule has 6 nitrogen and oxygen atoms in total. The highest BCUT2D eigenvalue weighted by Crippen LogP contribution is 2.29. The first-order valence-corrected chi connectivity index (χ1v) is 8.73. The Bertz CT molecular complexity index is 925. The molecule has 2 aromatic carbocycles. The van der Waals surface area contributed by atoms with Crippen molar-refractivity contribution in [1.29, 1.82) is 0 Å². The summed E-state index contributed by atoms with van der Waals surface area (Å²) in [6.07, 6.45) is 1.51. The third-order valence-electron chi connectivity index (χ3n) is 3.91. The Balaban J connectivity index is 1.99. The summed E-state index contributed by atoms with van der Waals surface area (Å²) >= 11 is 5.18. The smallest absolute Gasteiger partial charge is 0.270 e. The molecular weight excluding hydrogens is 364 g/mol. The quantitative estimate of drug-likeness (QED) is 0.489. The number of hydrogen-bond donors (Lipinski definition) is 1. The molecule has 0 bridgehead atoms. The van der Waals surface area contributed by atoms with Gasteiger partial charge in [0.15, 0.2) is 16.6 Å². The Morgan fingerprint density at radius 1 is 1.11 bits per heavy atom. The molecule has 1 saturated heterocycles. The van der Waals surface area contributed by atoms with Crippen molar-refractivity contribution in [1.82, 2.24) is 5.32 Å². The van der Waals surface area contributed by atoms with Crippen LogP contribution < -0.4 is 19.7 Å². The van der Waals surface area contributed by atoms with E-state index in [2.05, 4.69) is 5.32 Å². The van der Waals surface area contributed by atoms with Crippen LogP contribution in [0.1, 0.15) is 12.5 Å². The minimum Gasteiger partial charge on any atom is -0.493 e. The van der Waals surface area contributed by atoms with Gasteiger partial charge in [0.05, 0.1) is 19.4 Å². The van der Waals surface area contributed by atoms with Crippen LogP contribution in [-0.4, -0.2) is 30.6 Å². The SMILES string of the molecule is CCOc1cc(/C=C2/C(=O)NC(=S)N(c3ccccc3)C2=O)ccc1OC. The van der Waals surface area contributed by atoms with Crippen LogP contribution in [-0.2, 0) is 9.59 Å². The van der Waals surface area contributed by atoms with Crippen LogP contribution in [0.2, 0.25) is 0 Å². The number of rotatable bonds is 5. The fourth-order valence-corrected chi connectivity index (χ4v) is 2.97. The minimum absolute atomic E-state index is 0.0138. The van der Waals surface area contributed by atoms with E-state index in [1.807, 2.05) is 13.0 Å². The van der Waals surface area contributed by atoms with Crippen molar-refractivity contribution < 1.29 is 19.1 Å². The molecule has 0 spiro atoms. The monoisotopic (exact) mass is 382 g/mol. The molecule has 2 amide bonds. The predicted octanol–water partition coefficient (Wildman–Crippen LogP) is 2.93. The van der Waals surface area contributed by atoms with Gasteiger partial charge >= 0.3 is 0 Å². The zero-order valence-corrected chi connectivity index (χ0v) is 15.7. The highest BCUT2D eigenvalue weighted by atomic mass is 32.1. The van der Waals surface area contributed by atoms with E-state index >= 15 is 0 Å². The van der Waals surface area contributed by atoms with Crippen molar-refractivity contribution >= 4 is 40.9 Å². The van der Waals surface area contributed by atoms with Gasteiger partial charge < -0.3 is 9.47 Å². The highest BCUT2D eigenvalue weighted by Gasteiger charge is 2.34. The molecule has 1 aliphatic heterocycles. The Labute approximate surface area is 162 Å². The second-order valence-electron chi connectivity index (χ2n) is 5.64. The van der Waals surface area contributed by atoms with Gasteiger partial charge in [0.1, 0.15) is 5.57 Å². The van der Waals surface area contributed by atoms with E-state index < -0.39 is 11.8 Å². The molecule has 0 aliphatic carbocycles. The average molecular weight is 382 g/mol. The van der Waals surface area contributed by atoms with E-state index in [0.717, 1.165) is 0 Å². The van der Waals surface area contributed by atoms with Gasteiger partial charge in [-0.05, 0) is 55.0 Å². The number of hydrogen-bond acceptors (Lipinski definition) is 5. The lowest BCUT2D eigenvalue weighted by Gasteiger charge is -2.28. The molecule has 0 atom stereocenters. The van der Waals surface area contributed by atoms with E-state index in [1.165, 1.54) is 11.0 Å². The molecule has 0 saturated carbocycles. The number of ether oxygens (including phenoxy) is 2. The third kappa shape index (κ3) is 3.83. The van der Waals surface area contributed by atoms with Gasteiger partial charge in [0.2, 0.25) is 0 Å². The van der Waals surface area contributed by atoms with Gasteiger partial charge in [-0.3, -0.25) is 19.8 Å². The van der Waals surface area contributed by atoms with Gasteiger partial charge in [-0.25, -0.2) is 0 Å². The molecule has 138 valence electrons. The number of anilines is 1. The van der Waals surface area contributed by atoms with Crippen molar-refractivity contribution in [3.63, 3.8) is 0 Å². The van der Waals surface area contributed by atoms with Crippen LogP contribution >= 0.6 is 12.2 Å². The normalized spacial score (nSPS) is 15.7. The van der Waals surface area contributed by atoms with Crippen LogP contribution in [0.3, 0.4) is 0 Å². The summed E-state index contributed by atoms with van der Waals surface area (Å²) in [6, 6.07) is 14.1. The number of benzene rings is 2. The molecule has 0 aromatic heterocycles. The number of para-hydroxylation sites is 1. The molecule has 1 heterocycles. The van der Waals surface area contributed by atoms with Crippen LogP contribution in [0.5, 0.6) is 11.5 Å². The van der Waals surface area contributed by atoms with E-state index in [4.69, 9.17) is 21.7 Å². The lowest BCUT2D eigenvalue weighted by Crippen LogP contribution is -2.54. The van der Waals surface area contributed by atoms with Gasteiger partial charge in [-0.2, -0.15) is 0 Å². The number of thiocarbonyl (C=S) groups is 1. The number of methoxy groups -OCH3 is 1. The summed E-state index contributed by atoms with van der Waals surface area (Å²) in [7, 11) is 1.55. The minimum atomic E-state index is -0.536. The Kier molecular flexibility index (Phi) is 5.52. The first-order valence-electron chi connectivity index (χ1n) is 8.32. The van der Waals surface area contributed by atoms with Gasteiger partial charge in [0, 0.05) is 0 Å². The van der Waals surface area contributed by atoms with Crippen molar-refractivity contribution in [3.05, 3.63) is 59.7 Å². The molecule has 1 fully saturated rings. The van der Waals surface area contributed by atoms with Crippen LogP contribution in [0.15, 0.2) is 54.1 Å². The maximum Gasteiger partial charge on any atom is 0.270 e. The van der Waals surface area contributed by atoms with Gasteiger partial charge in [-0.15, -0.1) is 0 Å². The molecule has 0 radical (unpaired) electrons. The average Bonchev–Trinajstić information content (AvgIpc) is 2.66. The van der Waals surface area contributed by atoms with Gasteiger partial charge in [0.25, 0.3) is 11.8 Å². The summed E-state index contributed by atoms with van der Waals surface area (Å²) in [5.74, 6) is 0.0913. The zero-order valence-electron chi connectivity index (χ0n) is 14.9. The molecule has 3 rings (SSSR count). The number of carbonyl (C=O) groups is 2. The molecule has 1 aliphatic rings. The maximum absolute atomic E-state index is 12.9. The summed E-state index contributed by atoms with van der Waals surface area (Å²) in [4.78, 5) is 26.6. The summed E-state index contributed by atoms with van der Waals surface area (Å²) in [5, 5.41) is 2.62. The largest absolute Gasteiger partial charge is 0.493 e. The van der Waals surface area contributed by atoms with Crippen LogP contribution in [0.4, 0.5) is 5.69 Å². The standard InChI is InChI=1S/C20H18N2O4S/c1-3-26-17-12-13(9-10-16(17)25-2)11-15-18(23)21-20(27)22(19(15)24)14-7-5-4-6-8-14/h4-12H,3H2,1-2H3,(H,21,23,27)/b15-11-. The first kappa shape index (κ1) is 18.6. The number of carbonyl (C=O) groups excluding carboxylic acids is 2. The first-order chi connectivity index (χ1) is 13.0. The van der Waals surface area contributed by atoms with E-state index in [1.54, 1.807) is 49.6 Å². The molecule has 1 N–H and O–H groups in total. The topological polar surface area (TPSA) is 67.9 Å². The lowest BCUT2D eigenvalue weighted by atomic mass is 10.1. The van der Waals surface area contributed by atoms with E-state index in [-0.39, 0.29) is 10.7 Å². The van der Waals surface area contributed by atoms with Gasteiger partial charge in [-0.1, -0.05) is 24.3 Å². The summed E-state index contributed by atoms with van der Waals surface area (Å²) in [5.41, 5.74) is 1.21. The second kappa shape index (κ2) is 8.01. The molecule has 7 heteroatoms.